The lowest BCUT2D eigenvalue weighted by Gasteiger charge is -2.09. The van der Waals surface area contributed by atoms with Gasteiger partial charge in [-0.15, -0.1) is 0 Å². The van der Waals surface area contributed by atoms with Gasteiger partial charge >= 0.3 is 0 Å². The molecular formula is C24H28N6O3. The maximum Gasteiger partial charge on any atom is 0.273 e. The topological polar surface area (TPSA) is 118 Å². The molecule has 0 fully saturated rings. The van der Waals surface area contributed by atoms with Gasteiger partial charge in [-0.05, 0) is 62.9 Å². The minimum Gasteiger partial charge on any atom is -0.356 e. The van der Waals surface area contributed by atoms with Gasteiger partial charge in [-0.3, -0.25) is 24.2 Å². The fraction of sp³-hybridized carbons (Fsp3) is 0.333. The molecule has 0 radical (unpaired) electrons. The SMILES string of the molecule is Cc1cc(C)n(-c2ccc(CCNC(=O)CCc3c(C)c4c(=O)[nH]n(C)c4[nH]c3=O)cc2)n1. The van der Waals surface area contributed by atoms with Crippen LogP contribution in [-0.4, -0.2) is 37.0 Å². The van der Waals surface area contributed by atoms with Crippen LogP contribution in [-0.2, 0) is 24.7 Å². The number of nitrogens with one attached hydrogen (secondary N) is 3. The number of hydrogen-bond acceptors (Lipinski definition) is 4. The molecule has 0 saturated heterocycles. The summed E-state index contributed by atoms with van der Waals surface area (Å²) in [4.78, 5) is 39.7. The molecule has 1 amide bonds. The molecule has 3 aromatic heterocycles. The summed E-state index contributed by atoms with van der Waals surface area (Å²) in [6, 6.07) is 10.1. The summed E-state index contributed by atoms with van der Waals surface area (Å²) in [5, 5.41) is 10.5. The second kappa shape index (κ2) is 8.93. The number of aromatic nitrogens is 5. The van der Waals surface area contributed by atoms with Gasteiger partial charge in [-0.2, -0.15) is 5.10 Å². The van der Waals surface area contributed by atoms with E-state index < -0.39 is 0 Å². The Balaban J connectivity index is 1.32. The van der Waals surface area contributed by atoms with Crippen molar-refractivity contribution in [3.05, 3.63) is 79.1 Å². The van der Waals surface area contributed by atoms with Crippen molar-refractivity contribution in [2.45, 2.75) is 40.0 Å². The van der Waals surface area contributed by atoms with Crippen molar-refractivity contribution < 1.29 is 4.79 Å². The number of fused-ring (bicyclic) bond motifs is 1. The van der Waals surface area contributed by atoms with Crippen LogP contribution in [0.2, 0.25) is 0 Å². The number of aryl methyl sites for hydroxylation is 4. The van der Waals surface area contributed by atoms with Crippen molar-refractivity contribution in [3.63, 3.8) is 0 Å². The van der Waals surface area contributed by atoms with Gasteiger partial charge in [0.15, 0.2) is 0 Å². The molecule has 9 heteroatoms. The normalized spacial score (nSPS) is 11.3. The van der Waals surface area contributed by atoms with Crippen LogP contribution in [0, 0.1) is 20.8 Å². The van der Waals surface area contributed by atoms with Crippen LogP contribution in [0.5, 0.6) is 0 Å². The van der Waals surface area contributed by atoms with E-state index in [0.29, 0.717) is 35.1 Å². The highest BCUT2D eigenvalue weighted by molar-refractivity contribution is 5.80. The number of carbonyl (C=O) groups excluding carboxylic acids is 1. The first kappa shape index (κ1) is 22.3. The highest BCUT2D eigenvalue weighted by Crippen LogP contribution is 2.15. The van der Waals surface area contributed by atoms with Crippen LogP contribution >= 0.6 is 0 Å². The van der Waals surface area contributed by atoms with E-state index in [9.17, 15) is 14.4 Å². The predicted molar refractivity (Wildman–Crippen MR) is 127 cm³/mol. The van der Waals surface area contributed by atoms with Crippen molar-refractivity contribution in [1.29, 1.82) is 0 Å². The number of nitrogens with zero attached hydrogens (tertiary/aromatic N) is 3. The summed E-state index contributed by atoms with van der Waals surface area (Å²) in [6.45, 7) is 6.24. The second-order valence-corrected chi connectivity index (χ2v) is 8.39. The summed E-state index contributed by atoms with van der Waals surface area (Å²) in [5.74, 6) is -0.130. The lowest BCUT2D eigenvalue weighted by atomic mass is 10.0. The molecular weight excluding hydrogens is 420 g/mol. The Kier molecular flexibility index (Phi) is 6.04. The first-order valence-corrected chi connectivity index (χ1v) is 10.9. The van der Waals surface area contributed by atoms with Gasteiger partial charge < -0.3 is 10.3 Å². The van der Waals surface area contributed by atoms with Crippen LogP contribution in [0.15, 0.2) is 39.9 Å². The Morgan fingerprint density at radius 1 is 1.06 bits per heavy atom. The molecule has 3 heterocycles. The number of rotatable bonds is 7. The molecule has 0 spiro atoms. The van der Waals surface area contributed by atoms with E-state index >= 15 is 0 Å². The summed E-state index contributed by atoms with van der Waals surface area (Å²) < 4.78 is 3.40. The third-order valence-corrected chi connectivity index (χ3v) is 5.93. The fourth-order valence-electron chi connectivity index (χ4n) is 4.21. The van der Waals surface area contributed by atoms with Crippen LogP contribution in [0.25, 0.3) is 16.7 Å². The van der Waals surface area contributed by atoms with Crippen LogP contribution in [0.3, 0.4) is 0 Å². The van der Waals surface area contributed by atoms with Gasteiger partial charge in [0.25, 0.3) is 11.1 Å². The standard InChI is InChI=1S/C24H28N6O3/c1-14-13-15(2)30(27-14)18-7-5-17(6-8-18)11-12-25-20(31)10-9-19-16(3)21-22(26-23(19)32)29(4)28-24(21)33/h5-8,13H,9-12H2,1-4H3,(H,25,31)(H,26,32)(H,28,33). The number of benzene rings is 1. The first-order valence-electron chi connectivity index (χ1n) is 10.9. The van der Waals surface area contributed by atoms with Crippen molar-refractivity contribution in [1.82, 2.24) is 29.9 Å². The van der Waals surface area contributed by atoms with E-state index in [4.69, 9.17) is 0 Å². The van der Waals surface area contributed by atoms with E-state index in [0.717, 1.165) is 22.6 Å². The van der Waals surface area contributed by atoms with Gasteiger partial charge in [-0.1, -0.05) is 12.1 Å². The summed E-state index contributed by atoms with van der Waals surface area (Å²) in [6.07, 6.45) is 1.15. The average molecular weight is 449 g/mol. The third-order valence-electron chi connectivity index (χ3n) is 5.93. The maximum absolute atomic E-state index is 12.5. The van der Waals surface area contributed by atoms with Gasteiger partial charge in [0.1, 0.15) is 5.65 Å². The average Bonchev–Trinajstić information content (AvgIpc) is 3.25. The van der Waals surface area contributed by atoms with E-state index in [1.54, 1.807) is 14.0 Å². The smallest absolute Gasteiger partial charge is 0.273 e. The van der Waals surface area contributed by atoms with Gasteiger partial charge in [0.05, 0.1) is 16.8 Å². The summed E-state index contributed by atoms with van der Waals surface area (Å²) in [5.41, 5.74) is 5.19. The fourth-order valence-corrected chi connectivity index (χ4v) is 4.21. The quantitative estimate of drug-likeness (QED) is 0.401. The van der Waals surface area contributed by atoms with Crippen LogP contribution in [0.4, 0.5) is 0 Å². The molecule has 0 aliphatic heterocycles. The summed E-state index contributed by atoms with van der Waals surface area (Å²) in [7, 11) is 1.67. The molecule has 1 aromatic carbocycles. The van der Waals surface area contributed by atoms with E-state index in [1.165, 1.54) is 4.68 Å². The molecule has 33 heavy (non-hydrogen) atoms. The van der Waals surface area contributed by atoms with Crippen molar-refractivity contribution in [3.8, 4) is 5.69 Å². The molecule has 4 rings (SSSR count). The highest BCUT2D eigenvalue weighted by atomic mass is 16.2. The maximum atomic E-state index is 12.5. The first-order chi connectivity index (χ1) is 15.7. The molecule has 0 aliphatic carbocycles. The number of amides is 1. The number of H-pyrrole nitrogens is 2. The lowest BCUT2D eigenvalue weighted by Crippen LogP contribution is -2.27. The van der Waals surface area contributed by atoms with Crippen LogP contribution in [0.1, 0.15) is 34.5 Å². The van der Waals surface area contributed by atoms with Gasteiger partial charge in [0.2, 0.25) is 5.91 Å². The predicted octanol–water partition coefficient (Wildman–Crippen LogP) is 1.96. The van der Waals surface area contributed by atoms with E-state index in [-0.39, 0.29) is 29.9 Å². The number of carbonyl (C=O) groups is 1. The van der Waals surface area contributed by atoms with E-state index in [1.807, 2.05) is 48.9 Å². The minimum absolute atomic E-state index is 0.130. The zero-order valence-corrected chi connectivity index (χ0v) is 19.3. The molecule has 9 nitrogen and oxygen atoms in total. The highest BCUT2D eigenvalue weighted by Gasteiger charge is 2.15. The molecule has 3 N–H and O–H groups in total. The molecule has 0 atom stereocenters. The van der Waals surface area contributed by atoms with Gasteiger partial charge in [0, 0.05) is 31.3 Å². The largest absolute Gasteiger partial charge is 0.356 e. The summed E-state index contributed by atoms with van der Waals surface area (Å²) >= 11 is 0. The third kappa shape index (κ3) is 4.52. The Morgan fingerprint density at radius 3 is 2.45 bits per heavy atom. The minimum atomic E-state index is -0.273. The Morgan fingerprint density at radius 2 is 1.79 bits per heavy atom. The molecule has 0 saturated carbocycles. The Hall–Kier alpha value is -3.88. The monoisotopic (exact) mass is 448 g/mol. The number of pyridine rings is 1. The molecule has 4 aromatic rings. The second-order valence-electron chi connectivity index (χ2n) is 8.39. The Labute approximate surface area is 190 Å². The number of aromatic amines is 2. The van der Waals surface area contributed by atoms with Crippen molar-refractivity contribution in [2.75, 3.05) is 6.54 Å². The van der Waals surface area contributed by atoms with E-state index in [2.05, 4.69) is 20.5 Å². The van der Waals surface area contributed by atoms with Crippen LogP contribution < -0.4 is 16.4 Å². The van der Waals surface area contributed by atoms with Gasteiger partial charge in [-0.25, -0.2) is 4.68 Å². The molecule has 0 bridgehead atoms. The zero-order valence-electron chi connectivity index (χ0n) is 19.3. The molecule has 172 valence electrons. The molecule has 0 aliphatic rings. The lowest BCUT2D eigenvalue weighted by molar-refractivity contribution is -0.121. The number of hydrogen-bond donors (Lipinski definition) is 3. The molecule has 0 unspecified atom stereocenters. The van der Waals surface area contributed by atoms with Crippen molar-refractivity contribution in [2.24, 2.45) is 7.05 Å². The van der Waals surface area contributed by atoms with Crippen molar-refractivity contribution >= 4 is 16.9 Å². The zero-order chi connectivity index (χ0) is 23.7. The Bertz CT molecular complexity index is 1440.